The lowest BCUT2D eigenvalue weighted by Crippen LogP contribution is -2.12. The molecule has 1 unspecified atom stereocenters. The molecule has 2 rings (SSSR count). The van der Waals surface area contributed by atoms with Crippen LogP contribution in [0.5, 0.6) is 11.5 Å². The molecular weight excluding hydrogens is 332 g/mol. The first-order valence-corrected chi connectivity index (χ1v) is 10.00. The van der Waals surface area contributed by atoms with Crippen LogP contribution in [0.2, 0.25) is 0 Å². The quantitative estimate of drug-likeness (QED) is 0.451. The van der Waals surface area contributed by atoms with Crippen molar-refractivity contribution in [1.29, 1.82) is 0 Å². The van der Waals surface area contributed by atoms with Gasteiger partial charge in [0.2, 0.25) is 0 Å². The van der Waals surface area contributed by atoms with Crippen LogP contribution in [0.3, 0.4) is 0 Å². The van der Waals surface area contributed by atoms with Gasteiger partial charge >= 0.3 is 0 Å². The van der Waals surface area contributed by atoms with E-state index >= 15 is 0 Å². The molecule has 138 valence electrons. The van der Waals surface area contributed by atoms with E-state index in [1.165, 1.54) is 5.56 Å². The summed E-state index contributed by atoms with van der Waals surface area (Å²) in [6, 6.07) is 10.5. The van der Waals surface area contributed by atoms with Gasteiger partial charge in [0, 0.05) is 16.7 Å². The first-order valence-electron chi connectivity index (χ1n) is 9.46. The molecule has 2 nitrogen and oxygen atoms in total. The molecule has 0 aliphatic rings. The minimum atomic E-state index is 0.498. The van der Waals surface area contributed by atoms with Gasteiger partial charge in [-0.25, -0.2) is 0 Å². The van der Waals surface area contributed by atoms with Crippen molar-refractivity contribution in [2.75, 3.05) is 19.1 Å². The van der Waals surface area contributed by atoms with E-state index in [9.17, 15) is 0 Å². The summed E-state index contributed by atoms with van der Waals surface area (Å²) in [4.78, 5) is 0. The lowest BCUT2D eigenvalue weighted by atomic mass is 10.0. The van der Waals surface area contributed by atoms with E-state index in [0.29, 0.717) is 24.3 Å². The maximum absolute atomic E-state index is 6.23. The number of hydrogen-bond donors (Lipinski definition) is 0. The Labute approximate surface area is 157 Å². The van der Waals surface area contributed by atoms with Gasteiger partial charge in [-0.3, -0.25) is 0 Å². The Bertz CT molecular complexity index is 666. The standard InChI is InChI=1S/C22H31ClO2/c1-5-17(11-12-23)15-24-21-13-18(6-2)22(25-14-16(3)4)20-10-8-7-9-19(20)21/h7-10,13,16-17H,5-6,11-12,14-15H2,1-4H3. The number of ether oxygens (including phenoxy) is 2. The summed E-state index contributed by atoms with van der Waals surface area (Å²) >= 11 is 5.91. The van der Waals surface area contributed by atoms with E-state index in [-0.39, 0.29) is 0 Å². The van der Waals surface area contributed by atoms with Crippen LogP contribution in [0.4, 0.5) is 0 Å². The highest BCUT2D eigenvalue weighted by molar-refractivity contribution is 6.17. The highest BCUT2D eigenvalue weighted by Crippen LogP contribution is 2.37. The van der Waals surface area contributed by atoms with Crippen molar-refractivity contribution in [3.8, 4) is 11.5 Å². The minimum absolute atomic E-state index is 0.498. The fourth-order valence-electron chi connectivity index (χ4n) is 2.94. The van der Waals surface area contributed by atoms with Crippen molar-refractivity contribution in [1.82, 2.24) is 0 Å². The molecule has 2 aromatic rings. The molecule has 0 saturated heterocycles. The Kier molecular flexibility index (Phi) is 7.90. The lowest BCUT2D eigenvalue weighted by molar-refractivity contribution is 0.242. The number of aryl methyl sites for hydroxylation is 1. The molecule has 0 aliphatic heterocycles. The number of hydrogen-bond acceptors (Lipinski definition) is 2. The molecule has 0 fully saturated rings. The van der Waals surface area contributed by atoms with Gasteiger partial charge in [-0.1, -0.05) is 58.4 Å². The lowest BCUT2D eigenvalue weighted by Gasteiger charge is -2.20. The van der Waals surface area contributed by atoms with Crippen LogP contribution in [-0.2, 0) is 6.42 Å². The monoisotopic (exact) mass is 362 g/mol. The summed E-state index contributed by atoms with van der Waals surface area (Å²) in [5.41, 5.74) is 1.21. The van der Waals surface area contributed by atoms with Gasteiger partial charge in [-0.05, 0) is 36.3 Å². The minimum Gasteiger partial charge on any atom is -0.493 e. The van der Waals surface area contributed by atoms with Crippen LogP contribution < -0.4 is 9.47 Å². The van der Waals surface area contributed by atoms with Crippen molar-refractivity contribution in [2.24, 2.45) is 11.8 Å². The maximum atomic E-state index is 6.23. The normalized spacial score (nSPS) is 12.6. The van der Waals surface area contributed by atoms with E-state index in [2.05, 4.69) is 58.0 Å². The van der Waals surface area contributed by atoms with E-state index < -0.39 is 0 Å². The Morgan fingerprint density at radius 3 is 2.32 bits per heavy atom. The molecule has 25 heavy (non-hydrogen) atoms. The number of benzene rings is 2. The molecule has 2 aromatic carbocycles. The number of alkyl halides is 1. The zero-order chi connectivity index (χ0) is 18.2. The van der Waals surface area contributed by atoms with Crippen molar-refractivity contribution in [2.45, 2.75) is 47.0 Å². The summed E-state index contributed by atoms with van der Waals surface area (Å²) in [5, 5.41) is 2.27. The van der Waals surface area contributed by atoms with Gasteiger partial charge in [0.15, 0.2) is 0 Å². The molecule has 0 spiro atoms. The van der Waals surface area contributed by atoms with Crippen LogP contribution in [0.1, 0.15) is 46.1 Å². The summed E-state index contributed by atoms with van der Waals surface area (Å²) in [5.74, 6) is 3.65. The van der Waals surface area contributed by atoms with Gasteiger partial charge in [-0.2, -0.15) is 0 Å². The van der Waals surface area contributed by atoms with Crippen LogP contribution in [0.25, 0.3) is 10.8 Å². The first kappa shape index (κ1) is 19.9. The van der Waals surface area contributed by atoms with Crippen LogP contribution in [0, 0.1) is 11.8 Å². The van der Waals surface area contributed by atoms with Gasteiger partial charge in [0.1, 0.15) is 11.5 Å². The second kappa shape index (κ2) is 9.91. The van der Waals surface area contributed by atoms with Gasteiger partial charge in [0.25, 0.3) is 0 Å². The average molecular weight is 363 g/mol. The SMILES string of the molecule is CCc1cc(OCC(CC)CCCl)c2ccccc2c1OCC(C)C. The number of rotatable bonds is 10. The smallest absolute Gasteiger partial charge is 0.130 e. The Morgan fingerprint density at radius 2 is 1.72 bits per heavy atom. The van der Waals surface area contributed by atoms with E-state index in [1.807, 2.05) is 0 Å². The highest BCUT2D eigenvalue weighted by Gasteiger charge is 2.15. The molecule has 1 atom stereocenters. The van der Waals surface area contributed by atoms with E-state index in [1.54, 1.807) is 0 Å². The zero-order valence-electron chi connectivity index (χ0n) is 16.0. The van der Waals surface area contributed by atoms with Crippen molar-refractivity contribution in [3.63, 3.8) is 0 Å². The van der Waals surface area contributed by atoms with Crippen molar-refractivity contribution < 1.29 is 9.47 Å². The average Bonchev–Trinajstić information content (AvgIpc) is 2.63. The molecule has 0 bridgehead atoms. The molecule has 0 amide bonds. The molecule has 0 aliphatic carbocycles. The zero-order valence-corrected chi connectivity index (χ0v) is 16.7. The van der Waals surface area contributed by atoms with Gasteiger partial charge in [-0.15, -0.1) is 11.6 Å². The van der Waals surface area contributed by atoms with Gasteiger partial charge < -0.3 is 9.47 Å². The Balaban J connectivity index is 2.36. The summed E-state index contributed by atoms with van der Waals surface area (Å²) < 4.78 is 12.4. The third-order valence-corrected chi connectivity index (χ3v) is 4.76. The predicted octanol–water partition coefficient (Wildman–Crippen LogP) is 6.47. The third-order valence-electron chi connectivity index (χ3n) is 4.55. The molecule has 0 aromatic heterocycles. The third kappa shape index (κ3) is 5.28. The Hall–Kier alpha value is -1.41. The second-order valence-corrected chi connectivity index (χ2v) is 7.41. The molecular formula is C22H31ClO2. The first-order chi connectivity index (χ1) is 12.1. The Morgan fingerprint density at radius 1 is 1.00 bits per heavy atom. The number of fused-ring (bicyclic) bond motifs is 1. The molecule has 0 radical (unpaired) electrons. The van der Waals surface area contributed by atoms with Gasteiger partial charge in [0.05, 0.1) is 13.2 Å². The molecule has 3 heteroatoms. The number of halogens is 1. The van der Waals surface area contributed by atoms with E-state index in [0.717, 1.165) is 48.1 Å². The van der Waals surface area contributed by atoms with Crippen LogP contribution in [-0.4, -0.2) is 19.1 Å². The van der Waals surface area contributed by atoms with Crippen molar-refractivity contribution >= 4 is 22.4 Å². The fourth-order valence-corrected chi connectivity index (χ4v) is 3.25. The highest BCUT2D eigenvalue weighted by atomic mass is 35.5. The van der Waals surface area contributed by atoms with E-state index in [4.69, 9.17) is 21.1 Å². The molecule has 0 N–H and O–H groups in total. The topological polar surface area (TPSA) is 18.5 Å². The summed E-state index contributed by atoms with van der Waals surface area (Å²) in [6.07, 6.45) is 3.00. The maximum Gasteiger partial charge on any atom is 0.130 e. The molecule has 0 heterocycles. The second-order valence-electron chi connectivity index (χ2n) is 7.03. The predicted molar refractivity (Wildman–Crippen MR) is 108 cm³/mol. The summed E-state index contributed by atoms with van der Waals surface area (Å²) in [7, 11) is 0. The van der Waals surface area contributed by atoms with Crippen LogP contribution in [0.15, 0.2) is 30.3 Å². The van der Waals surface area contributed by atoms with Crippen LogP contribution >= 0.6 is 11.6 Å². The summed E-state index contributed by atoms with van der Waals surface area (Å²) in [6.45, 7) is 10.1. The molecule has 0 saturated carbocycles. The largest absolute Gasteiger partial charge is 0.493 e. The fraction of sp³-hybridized carbons (Fsp3) is 0.545. The van der Waals surface area contributed by atoms with Crippen molar-refractivity contribution in [3.05, 3.63) is 35.9 Å².